The van der Waals surface area contributed by atoms with E-state index in [9.17, 15) is 80.5 Å². The third-order valence-electron chi connectivity index (χ3n) is 7.83. The average molecular weight is 773 g/mol. The third-order valence-corrected chi connectivity index (χ3v) is 7.83. The van der Waals surface area contributed by atoms with Gasteiger partial charge in [0.1, 0.15) is 18.8 Å². The van der Waals surface area contributed by atoms with E-state index < -0.39 is 141 Å². The van der Waals surface area contributed by atoms with Crippen LogP contribution in [0.5, 0.6) is 63.2 Å². The fraction of sp³-hybridized carbons (Fsp3) is 0.176. The lowest BCUT2D eigenvalue weighted by molar-refractivity contribution is -0.283. The smallest absolute Gasteiger partial charge is 0.340 e. The molecule has 5 atom stereocenters. The molecule has 0 aromatic heterocycles. The summed E-state index contributed by atoms with van der Waals surface area (Å²) in [5, 5.41) is 120. The van der Waals surface area contributed by atoms with Crippen molar-refractivity contribution in [3.8, 4) is 63.2 Å². The van der Waals surface area contributed by atoms with Crippen LogP contribution in [0.25, 0.3) is 0 Å². The number of aliphatic hydroxyl groups is 1. The van der Waals surface area contributed by atoms with Crippen LogP contribution >= 0.6 is 0 Å². The maximum atomic E-state index is 13.4. The Morgan fingerprint density at radius 1 is 0.473 bits per heavy atom. The number of benzene rings is 4. The molecule has 290 valence electrons. The van der Waals surface area contributed by atoms with Gasteiger partial charge in [0.25, 0.3) is 0 Å². The zero-order chi connectivity index (χ0) is 40.5. The van der Waals surface area contributed by atoms with Crippen molar-refractivity contribution in [1.29, 1.82) is 0 Å². The van der Waals surface area contributed by atoms with Gasteiger partial charge in [-0.05, 0) is 54.6 Å². The Kier molecular flexibility index (Phi) is 10.7. The molecule has 1 heterocycles. The predicted octanol–water partition coefficient (Wildman–Crippen LogP) is 0.999. The number of hydrogen-bond donors (Lipinski definition) is 12. The number of esters is 4. The van der Waals surface area contributed by atoms with Crippen LogP contribution in [0, 0.1) is 0 Å². The van der Waals surface area contributed by atoms with Crippen molar-refractivity contribution in [3.63, 3.8) is 0 Å². The second-order valence-corrected chi connectivity index (χ2v) is 11.6. The molecule has 0 amide bonds. The molecule has 21 nitrogen and oxygen atoms in total. The lowest BCUT2D eigenvalue weighted by Crippen LogP contribution is -2.62. The van der Waals surface area contributed by atoms with Gasteiger partial charge in [0.15, 0.2) is 69.3 Å². The largest absolute Gasteiger partial charge is 0.504 e. The average Bonchev–Trinajstić information content (AvgIpc) is 3.13. The molecule has 4 aromatic rings. The van der Waals surface area contributed by atoms with Gasteiger partial charge in [0.05, 0.1) is 22.3 Å². The summed E-state index contributed by atoms with van der Waals surface area (Å²) in [4.78, 5) is 52.8. The molecular weight excluding hydrogens is 744 g/mol. The molecule has 5 rings (SSSR count). The summed E-state index contributed by atoms with van der Waals surface area (Å²) >= 11 is 0. The van der Waals surface area contributed by atoms with Gasteiger partial charge in [-0.2, -0.15) is 0 Å². The normalized spacial score (nSPS) is 19.2. The molecule has 0 bridgehead atoms. The Morgan fingerprint density at radius 3 is 1.27 bits per heavy atom. The van der Waals surface area contributed by atoms with E-state index in [0.717, 1.165) is 18.2 Å². The zero-order valence-corrected chi connectivity index (χ0v) is 27.3. The molecule has 0 saturated carbocycles. The van der Waals surface area contributed by atoms with Gasteiger partial charge in [0.2, 0.25) is 12.4 Å². The highest BCUT2D eigenvalue weighted by Gasteiger charge is 2.52. The van der Waals surface area contributed by atoms with Crippen LogP contribution in [0.2, 0.25) is 0 Å². The van der Waals surface area contributed by atoms with E-state index in [2.05, 4.69) is 0 Å². The highest BCUT2D eigenvalue weighted by Crippen LogP contribution is 2.39. The van der Waals surface area contributed by atoms with Crippen LogP contribution in [0.1, 0.15) is 41.4 Å². The van der Waals surface area contributed by atoms with Gasteiger partial charge >= 0.3 is 23.9 Å². The van der Waals surface area contributed by atoms with Gasteiger partial charge in [-0.15, -0.1) is 0 Å². The van der Waals surface area contributed by atoms with Crippen molar-refractivity contribution in [2.75, 3.05) is 6.61 Å². The Labute approximate surface area is 305 Å². The van der Waals surface area contributed by atoms with Gasteiger partial charge in [0, 0.05) is 0 Å². The summed E-state index contributed by atoms with van der Waals surface area (Å²) in [7, 11) is 0. The first-order valence-electron chi connectivity index (χ1n) is 15.3. The molecule has 55 heavy (non-hydrogen) atoms. The third kappa shape index (κ3) is 8.11. The number of phenols is 11. The molecule has 12 N–H and O–H groups in total. The van der Waals surface area contributed by atoms with Crippen LogP contribution in [-0.4, -0.2) is 122 Å². The van der Waals surface area contributed by atoms with Crippen molar-refractivity contribution in [1.82, 2.24) is 0 Å². The topological polar surface area (TPSA) is 357 Å². The summed E-state index contributed by atoms with van der Waals surface area (Å²) in [6.07, 6.45) is -11.0. The lowest BCUT2D eigenvalue weighted by atomic mass is 9.98. The van der Waals surface area contributed by atoms with Crippen molar-refractivity contribution in [2.24, 2.45) is 0 Å². The van der Waals surface area contributed by atoms with E-state index in [-0.39, 0.29) is 5.56 Å². The van der Waals surface area contributed by atoms with Crippen LogP contribution in [0.4, 0.5) is 0 Å². The first-order valence-corrected chi connectivity index (χ1v) is 15.3. The van der Waals surface area contributed by atoms with Gasteiger partial charge in [-0.3, -0.25) is 0 Å². The first-order chi connectivity index (χ1) is 25.9. The molecule has 1 saturated heterocycles. The number of rotatable bonds is 9. The summed E-state index contributed by atoms with van der Waals surface area (Å²) in [6, 6.07) is 6.57. The number of phenolic OH excluding ortho intramolecular Hbond substituents is 11. The highest BCUT2D eigenvalue weighted by molar-refractivity contribution is 5.93. The number of ether oxygens (including phenoxy) is 5. The first kappa shape index (κ1) is 38.7. The predicted molar refractivity (Wildman–Crippen MR) is 173 cm³/mol. The van der Waals surface area contributed by atoms with Gasteiger partial charge in [-0.1, -0.05) is 0 Å². The fourth-order valence-corrected chi connectivity index (χ4v) is 5.00. The molecule has 1 aliphatic rings. The summed E-state index contributed by atoms with van der Waals surface area (Å²) < 4.78 is 26.9. The molecule has 4 aromatic carbocycles. The monoisotopic (exact) mass is 772 g/mol. The molecule has 21 heteroatoms. The standard InChI is InChI=1S/C34H28O21/c35-15-2-1-11(3-16(15)36)30(47)51-10-23-27(46)28(53-31(48)12-4-17(37)24(43)18(38)5-12)29(54-32(49)13-6-19(39)25(44)20(40)7-13)34(52-23)55-33(50)14-8-21(41)26(45)22(42)9-14/h1-9,23,27-29,34-46H,10H2/t23-,27-,28+,29-,34+/m1/s1. The number of carbonyl (C=O) groups is 4. The van der Waals surface area contributed by atoms with Crippen LogP contribution in [0.3, 0.4) is 0 Å². The maximum absolute atomic E-state index is 13.4. The molecule has 0 radical (unpaired) electrons. The number of aliphatic hydroxyl groups excluding tert-OH is 1. The Morgan fingerprint density at radius 2 is 0.855 bits per heavy atom. The molecular formula is C34H28O21. The van der Waals surface area contributed by atoms with Gasteiger partial charge < -0.3 is 85.0 Å². The molecule has 1 aliphatic heterocycles. The minimum Gasteiger partial charge on any atom is -0.504 e. The Hall–Kier alpha value is -7.52. The van der Waals surface area contributed by atoms with Gasteiger partial charge in [-0.25, -0.2) is 19.2 Å². The van der Waals surface area contributed by atoms with E-state index in [1.54, 1.807) is 0 Å². The molecule has 1 fully saturated rings. The molecule has 0 unspecified atom stereocenters. The lowest BCUT2D eigenvalue weighted by Gasteiger charge is -2.42. The van der Waals surface area contributed by atoms with Crippen LogP contribution in [-0.2, 0) is 23.7 Å². The quantitative estimate of drug-likeness (QED) is 0.0641. The summed E-state index contributed by atoms with van der Waals surface area (Å²) in [6.45, 7) is -0.980. The minimum atomic E-state index is -2.32. The Bertz CT molecular complexity index is 2110. The van der Waals surface area contributed by atoms with Crippen molar-refractivity contribution >= 4 is 23.9 Å². The summed E-state index contributed by atoms with van der Waals surface area (Å²) in [5.74, 6) is -16.1. The zero-order valence-electron chi connectivity index (χ0n) is 27.3. The Balaban J connectivity index is 1.55. The number of carbonyl (C=O) groups excluding carboxylic acids is 4. The van der Waals surface area contributed by atoms with E-state index >= 15 is 0 Å². The van der Waals surface area contributed by atoms with E-state index in [0.29, 0.717) is 36.4 Å². The number of hydrogen-bond acceptors (Lipinski definition) is 21. The second kappa shape index (κ2) is 15.2. The van der Waals surface area contributed by atoms with Crippen molar-refractivity contribution in [2.45, 2.75) is 30.7 Å². The van der Waals surface area contributed by atoms with Crippen molar-refractivity contribution in [3.05, 3.63) is 76.9 Å². The van der Waals surface area contributed by atoms with Crippen LogP contribution in [0.15, 0.2) is 54.6 Å². The van der Waals surface area contributed by atoms with E-state index in [1.165, 1.54) is 0 Å². The molecule has 0 aliphatic carbocycles. The highest BCUT2D eigenvalue weighted by atomic mass is 16.7. The van der Waals surface area contributed by atoms with E-state index in [4.69, 9.17) is 23.7 Å². The SMILES string of the molecule is O=C(OC[C@H]1O[C@@H](OC(=O)c2cc(O)c(O)c(O)c2)[C@H](OC(=O)c2cc(O)c(O)c(O)c2)[C@@H](OC(=O)c2cc(O)c(O)c(O)c2)[C@@H]1O)c1ccc(O)c(O)c1. The van der Waals surface area contributed by atoms with Crippen LogP contribution < -0.4 is 0 Å². The number of aromatic hydroxyl groups is 11. The molecule has 0 spiro atoms. The fourth-order valence-electron chi connectivity index (χ4n) is 5.00. The minimum absolute atomic E-state index is 0.322. The van der Waals surface area contributed by atoms with E-state index in [1.807, 2.05) is 0 Å². The van der Waals surface area contributed by atoms with Crippen molar-refractivity contribution < 1.29 is 104 Å². The summed E-state index contributed by atoms with van der Waals surface area (Å²) in [5.41, 5.74) is -2.35. The maximum Gasteiger partial charge on any atom is 0.340 e. The second-order valence-electron chi connectivity index (χ2n) is 11.6.